The van der Waals surface area contributed by atoms with Crippen LogP contribution in [0, 0.1) is 13.8 Å². The topological polar surface area (TPSA) is 46.5 Å². The van der Waals surface area contributed by atoms with E-state index in [2.05, 4.69) is 82.1 Å². The number of aryl methyl sites for hydroxylation is 2. The zero-order valence-electron chi connectivity index (χ0n) is 27.8. The highest BCUT2D eigenvalue weighted by Gasteiger charge is 2.46. The molecule has 5 rings (SSSR count). The van der Waals surface area contributed by atoms with Crippen molar-refractivity contribution in [3.05, 3.63) is 216 Å². The lowest BCUT2D eigenvalue weighted by atomic mass is 9.67. The Morgan fingerprint density at radius 1 is 0.702 bits per heavy atom. The first-order chi connectivity index (χ1) is 22.7. The number of carbonyl (C=O) groups excluding carboxylic acids is 1. The predicted molar refractivity (Wildman–Crippen MR) is 198 cm³/mol. The molecule has 0 atom stereocenters. The fraction of sp³-hybridized carbons (Fsp3) is 0.114. The number of hydrogen-bond donors (Lipinski definition) is 1. The molecule has 0 bridgehead atoms. The highest BCUT2D eigenvalue weighted by molar-refractivity contribution is 5.87. The molecule has 0 unspecified atom stereocenters. The van der Waals surface area contributed by atoms with E-state index in [-0.39, 0.29) is 5.76 Å². The summed E-state index contributed by atoms with van der Waals surface area (Å²) in [6, 6.07) is 37.0. The number of aliphatic hydroxyl groups excluding tert-OH is 1. The van der Waals surface area contributed by atoms with Gasteiger partial charge in [-0.25, -0.2) is 4.79 Å². The third-order valence-corrected chi connectivity index (χ3v) is 7.59. The Morgan fingerprint density at radius 3 is 1.55 bits per heavy atom. The first kappa shape index (κ1) is 35.8. The van der Waals surface area contributed by atoms with E-state index in [1.54, 1.807) is 38.2 Å². The summed E-state index contributed by atoms with van der Waals surface area (Å²) in [6.07, 6.45) is 11.7. The molecule has 0 radical (unpaired) electrons. The van der Waals surface area contributed by atoms with Crippen LogP contribution in [0.1, 0.15) is 36.1 Å². The van der Waals surface area contributed by atoms with Gasteiger partial charge in [-0.1, -0.05) is 158 Å². The summed E-state index contributed by atoms with van der Waals surface area (Å²) in [5.41, 5.74) is 7.91. The SMILES string of the molecule is C=CC(=O)OC(/C=C\C(=C)C1(/C(C=C)=C/C=C(\C)O)c2ccccc2-c2ccccc21)=C/C.Cc1ccccc1.Cc1ccccc1. The molecular formula is C44H44O3. The van der Waals surface area contributed by atoms with E-state index in [0.29, 0.717) is 5.76 Å². The maximum atomic E-state index is 11.7. The molecule has 0 heterocycles. The summed E-state index contributed by atoms with van der Waals surface area (Å²) >= 11 is 0. The van der Waals surface area contributed by atoms with Crippen molar-refractivity contribution in [3.63, 3.8) is 0 Å². The molecule has 0 saturated heterocycles. The van der Waals surface area contributed by atoms with Crippen molar-refractivity contribution in [1.29, 1.82) is 0 Å². The third-order valence-electron chi connectivity index (χ3n) is 7.59. The molecule has 3 nitrogen and oxygen atoms in total. The van der Waals surface area contributed by atoms with E-state index in [1.807, 2.05) is 72.8 Å². The van der Waals surface area contributed by atoms with Crippen molar-refractivity contribution in [2.75, 3.05) is 0 Å². The maximum Gasteiger partial charge on any atom is 0.335 e. The summed E-state index contributed by atoms with van der Waals surface area (Å²) in [7, 11) is 0. The van der Waals surface area contributed by atoms with Crippen LogP contribution in [-0.4, -0.2) is 11.1 Å². The number of carbonyl (C=O) groups is 1. The second kappa shape index (κ2) is 17.7. The lowest BCUT2D eigenvalue weighted by Gasteiger charge is -2.35. The smallest absolute Gasteiger partial charge is 0.335 e. The van der Waals surface area contributed by atoms with Crippen molar-refractivity contribution in [1.82, 2.24) is 0 Å². The van der Waals surface area contributed by atoms with E-state index in [9.17, 15) is 9.90 Å². The van der Waals surface area contributed by atoms with Gasteiger partial charge >= 0.3 is 5.97 Å². The third kappa shape index (κ3) is 9.18. The Hall–Kier alpha value is -5.67. The molecule has 3 heteroatoms. The molecule has 47 heavy (non-hydrogen) atoms. The minimum absolute atomic E-state index is 0.192. The van der Waals surface area contributed by atoms with Gasteiger partial charge in [-0.15, -0.1) is 0 Å². The van der Waals surface area contributed by atoms with Gasteiger partial charge in [0.15, 0.2) is 0 Å². The van der Waals surface area contributed by atoms with Gasteiger partial charge in [-0.2, -0.15) is 0 Å². The summed E-state index contributed by atoms with van der Waals surface area (Å²) in [5.74, 6) is 0.0589. The molecule has 4 aromatic carbocycles. The van der Waals surface area contributed by atoms with Crippen LogP contribution in [0.3, 0.4) is 0 Å². The number of fused-ring (bicyclic) bond motifs is 3. The Labute approximate surface area is 280 Å². The molecule has 1 aliphatic carbocycles. The lowest BCUT2D eigenvalue weighted by Crippen LogP contribution is -2.29. The number of hydrogen-bond acceptors (Lipinski definition) is 3. The predicted octanol–water partition coefficient (Wildman–Crippen LogP) is 11.3. The molecular weight excluding hydrogens is 576 g/mol. The van der Waals surface area contributed by atoms with Crippen LogP contribution in [0.15, 0.2) is 194 Å². The average molecular weight is 621 g/mol. The van der Waals surface area contributed by atoms with Crippen LogP contribution in [0.25, 0.3) is 11.1 Å². The van der Waals surface area contributed by atoms with Crippen LogP contribution in [0.5, 0.6) is 0 Å². The second-order valence-corrected chi connectivity index (χ2v) is 11.0. The number of rotatable bonds is 8. The minimum atomic E-state index is -0.737. The standard InChI is InChI=1S/C30H28O3.2C7H8/c1-6-23(19-18-22(5)31)30(21(4)17-20-24(7-2)33-29(32)8-3)27-15-11-9-13-25(27)26-14-10-12-16-28(26)30;2*1-7-5-3-2-4-6-7/h6-20,31H,1,3-4H2,2,5H3;2*2-6H,1H3/b20-17-,22-18+,23-19+,24-7+;;. The summed E-state index contributed by atoms with van der Waals surface area (Å²) in [5, 5.41) is 9.85. The number of allylic oxidation sites excluding steroid dienone is 9. The van der Waals surface area contributed by atoms with Crippen molar-refractivity contribution in [2.24, 2.45) is 0 Å². The Balaban J connectivity index is 0.000000349. The Bertz CT molecular complexity index is 1710. The Kier molecular flexibility index (Phi) is 13.5. The summed E-state index contributed by atoms with van der Waals surface area (Å²) in [6.45, 7) is 19.6. The normalized spacial score (nSPS) is 13.1. The van der Waals surface area contributed by atoms with E-state index in [4.69, 9.17) is 4.74 Å². The van der Waals surface area contributed by atoms with Crippen LogP contribution in [0.4, 0.5) is 0 Å². The molecule has 238 valence electrons. The first-order valence-corrected chi connectivity index (χ1v) is 15.5. The number of aliphatic hydroxyl groups is 1. The van der Waals surface area contributed by atoms with Gasteiger partial charge in [-0.05, 0) is 79.3 Å². The molecule has 1 N–H and O–H groups in total. The van der Waals surface area contributed by atoms with Gasteiger partial charge in [0.2, 0.25) is 0 Å². The highest BCUT2D eigenvalue weighted by atomic mass is 16.5. The van der Waals surface area contributed by atoms with Gasteiger partial charge in [-0.3, -0.25) is 0 Å². The molecule has 0 spiro atoms. The van der Waals surface area contributed by atoms with E-state index >= 15 is 0 Å². The molecule has 0 fully saturated rings. The average Bonchev–Trinajstić information content (AvgIpc) is 3.39. The van der Waals surface area contributed by atoms with E-state index in [0.717, 1.165) is 39.5 Å². The van der Waals surface area contributed by atoms with Gasteiger partial charge < -0.3 is 9.84 Å². The van der Waals surface area contributed by atoms with Crippen molar-refractivity contribution >= 4 is 5.97 Å². The molecule has 0 aromatic heterocycles. The second-order valence-electron chi connectivity index (χ2n) is 11.0. The number of ether oxygens (including phenoxy) is 1. The molecule has 1 aliphatic rings. The maximum absolute atomic E-state index is 11.7. The van der Waals surface area contributed by atoms with Crippen LogP contribution in [0.2, 0.25) is 0 Å². The number of esters is 1. The zero-order valence-corrected chi connectivity index (χ0v) is 27.8. The van der Waals surface area contributed by atoms with Crippen LogP contribution < -0.4 is 0 Å². The highest BCUT2D eigenvalue weighted by Crippen LogP contribution is 2.56. The van der Waals surface area contributed by atoms with E-state index < -0.39 is 11.4 Å². The van der Waals surface area contributed by atoms with Gasteiger partial charge in [0.25, 0.3) is 0 Å². The quantitative estimate of drug-likeness (QED) is 0.0922. The fourth-order valence-corrected chi connectivity index (χ4v) is 5.36. The monoisotopic (exact) mass is 620 g/mol. The van der Waals surface area contributed by atoms with Crippen molar-refractivity contribution < 1.29 is 14.6 Å². The molecule has 0 aliphatic heterocycles. The minimum Gasteiger partial charge on any atom is -0.513 e. The lowest BCUT2D eigenvalue weighted by molar-refractivity contribution is -0.133. The van der Waals surface area contributed by atoms with E-state index in [1.165, 1.54) is 11.1 Å². The van der Waals surface area contributed by atoms with Gasteiger partial charge in [0.1, 0.15) is 5.76 Å². The zero-order chi connectivity index (χ0) is 34.2. The molecule has 4 aromatic rings. The van der Waals surface area contributed by atoms with Crippen molar-refractivity contribution in [2.45, 2.75) is 33.1 Å². The molecule has 0 saturated carbocycles. The number of benzene rings is 4. The van der Waals surface area contributed by atoms with Crippen LogP contribution >= 0.6 is 0 Å². The summed E-state index contributed by atoms with van der Waals surface area (Å²) < 4.78 is 5.30. The summed E-state index contributed by atoms with van der Waals surface area (Å²) in [4.78, 5) is 11.7. The largest absolute Gasteiger partial charge is 0.513 e. The van der Waals surface area contributed by atoms with Crippen LogP contribution in [-0.2, 0) is 14.9 Å². The first-order valence-electron chi connectivity index (χ1n) is 15.5. The Morgan fingerprint density at radius 2 is 1.17 bits per heavy atom. The fourth-order valence-electron chi connectivity index (χ4n) is 5.36. The van der Waals surface area contributed by atoms with Gasteiger partial charge in [0, 0.05) is 6.08 Å². The van der Waals surface area contributed by atoms with Gasteiger partial charge in [0.05, 0.1) is 11.2 Å². The molecule has 0 amide bonds. The van der Waals surface area contributed by atoms with Crippen molar-refractivity contribution in [3.8, 4) is 11.1 Å².